The molecule has 0 aliphatic carbocycles. The predicted molar refractivity (Wildman–Crippen MR) is 104 cm³/mol. The zero-order chi connectivity index (χ0) is 17.5. The summed E-state index contributed by atoms with van der Waals surface area (Å²) in [6, 6.07) is 4.04. The first-order valence-corrected chi connectivity index (χ1v) is 9.93. The Balaban J connectivity index is 1.78. The molecule has 25 heavy (non-hydrogen) atoms. The van der Waals surface area contributed by atoms with Crippen LogP contribution >= 0.6 is 11.8 Å². The Hall–Kier alpha value is -2.02. The van der Waals surface area contributed by atoms with Gasteiger partial charge in [0.15, 0.2) is 5.96 Å². The third-order valence-electron chi connectivity index (χ3n) is 4.24. The minimum atomic E-state index is 0.601. The van der Waals surface area contributed by atoms with Gasteiger partial charge < -0.3 is 10.2 Å². The van der Waals surface area contributed by atoms with Gasteiger partial charge in [-0.15, -0.1) is 0 Å². The number of hydrogen-bond donors (Lipinski definition) is 1. The molecule has 1 fully saturated rings. The predicted octanol–water partition coefficient (Wildman–Crippen LogP) is 2.56. The largest absolute Gasteiger partial charge is 0.357 e. The van der Waals surface area contributed by atoms with E-state index in [-0.39, 0.29) is 0 Å². The number of pyridine rings is 1. The molecule has 0 amide bonds. The first-order valence-electron chi connectivity index (χ1n) is 8.88. The second kappa shape index (κ2) is 8.89. The van der Waals surface area contributed by atoms with Gasteiger partial charge >= 0.3 is 0 Å². The number of aliphatic imine (C=N–C) groups is 1. The molecule has 3 rings (SSSR count). The second-order valence-corrected chi connectivity index (χ2v) is 7.38. The molecule has 1 aliphatic heterocycles. The molecule has 1 N–H and O–H groups in total. The number of aromatic nitrogens is 3. The van der Waals surface area contributed by atoms with Gasteiger partial charge in [-0.1, -0.05) is 13.0 Å². The van der Waals surface area contributed by atoms with Crippen LogP contribution in [0.4, 0.5) is 0 Å². The summed E-state index contributed by atoms with van der Waals surface area (Å²) in [6.07, 6.45) is 8.46. The van der Waals surface area contributed by atoms with Crippen LogP contribution in [0.15, 0.2) is 42.0 Å². The van der Waals surface area contributed by atoms with Crippen LogP contribution in [0.2, 0.25) is 0 Å². The minimum Gasteiger partial charge on any atom is -0.357 e. The number of rotatable bonds is 5. The van der Waals surface area contributed by atoms with Crippen molar-refractivity contribution in [1.29, 1.82) is 0 Å². The lowest BCUT2D eigenvalue weighted by molar-refractivity contribution is 0.408. The van der Waals surface area contributed by atoms with Crippen molar-refractivity contribution in [3.63, 3.8) is 0 Å². The maximum atomic E-state index is 4.90. The fourth-order valence-electron chi connectivity index (χ4n) is 2.92. The zero-order valence-corrected chi connectivity index (χ0v) is 15.7. The van der Waals surface area contributed by atoms with Crippen LogP contribution in [0.3, 0.4) is 0 Å². The Morgan fingerprint density at radius 3 is 3.08 bits per heavy atom. The second-order valence-electron chi connectivity index (χ2n) is 5.97. The van der Waals surface area contributed by atoms with Gasteiger partial charge in [0, 0.05) is 54.8 Å². The average molecular weight is 359 g/mol. The lowest BCUT2D eigenvalue weighted by Crippen LogP contribution is -2.48. The topological polar surface area (TPSA) is 58.3 Å². The van der Waals surface area contributed by atoms with Crippen molar-refractivity contribution in [2.24, 2.45) is 4.99 Å². The summed E-state index contributed by atoms with van der Waals surface area (Å²) >= 11 is 2.07. The van der Waals surface area contributed by atoms with Crippen LogP contribution in [0, 0.1) is 0 Å². The SMILES string of the molecule is CCNC(=NCc1cccnc1-n1ccnc1)N1CCSC(CC)C1. The molecule has 0 aromatic carbocycles. The van der Waals surface area contributed by atoms with E-state index in [0.29, 0.717) is 11.8 Å². The van der Waals surface area contributed by atoms with E-state index in [0.717, 1.165) is 42.7 Å². The van der Waals surface area contributed by atoms with Crippen LogP contribution in [-0.4, -0.2) is 56.0 Å². The third-order valence-corrected chi connectivity index (χ3v) is 5.62. The Labute approximate surface area is 153 Å². The van der Waals surface area contributed by atoms with Crippen LogP contribution in [-0.2, 0) is 6.54 Å². The summed E-state index contributed by atoms with van der Waals surface area (Å²) in [7, 11) is 0. The summed E-state index contributed by atoms with van der Waals surface area (Å²) in [4.78, 5) is 15.9. The van der Waals surface area contributed by atoms with Crippen molar-refractivity contribution < 1.29 is 0 Å². The monoisotopic (exact) mass is 358 g/mol. The van der Waals surface area contributed by atoms with Crippen LogP contribution in [0.5, 0.6) is 0 Å². The van der Waals surface area contributed by atoms with Crippen molar-refractivity contribution in [3.8, 4) is 5.82 Å². The Morgan fingerprint density at radius 1 is 1.40 bits per heavy atom. The molecule has 1 aliphatic rings. The number of hydrogen-bond acceptors (Lipinski definition) is 4. The van der Waals surface area contributed by atoms with Crippen LogP contribution in [0.25, 0.3) is 5.82 Å². The molecule has 7 heteroatoms. The maximum Gasteiger partial charge on any atom is 0.194 e. The fourth-order valence-corrected chi connectivity index (χ4v) is 4.10. The highest BCUT2D eigenvalue weighted by Crippen LogP contribution is 2.21. The lowest BCUT2D eigenvalue weighted by Gasteiger charge is -2.34. The van der Waals surface area contributed by atoms with Gasteiger partial charge in [0.1, 0.15) is 12.1 Å². The van der Waals surface area contributed by atoms with E-state index in [4.69, 9.17) is 4.99 Å². The molecular weight excluding hydrogens is 332 g/mol. The van der Waals surface area contributed by atoms with Gasteiger partial charge in [-0.25, -0.2) is 15.0 Å². The van der Waals surface area contributed by atoms with E-state index in [1.807, 2.05) is 16.8 Å². The highest BCUT2D eigenvalue weighted by Gasteiger charge is 2.21. The van der Waals surface area contributed by atoms with E-state index in [2.05, 4.69) is 51.9 Å². The Kier molecular flexibility index (Phi) is 6.33. The van der Waals surface area contributed by atoms with Crippen molar-refractivity contribution in [3.05, 3.63) is 42.6 Å². The van der Waals surface area contributed by atoms with Crippen molar-refractivity contribution in [1.82, 2.24) is 24.8 Å². The molecule has 3 heterocycles. The third kappa shape index (κ3) is 4.54. The fraction of sp³-hybridized carbons (Fsp3) is 0.500. The van der Waals surface area contributed by atoms with Crippen molar-refractivity contribution in [2.75, 3.05) is 25.4 Å². The molecule has 2 aromatic heterocycles. The molecule has 0 saturated carbocycles. The molecule has 0 radical (unpaired) electrons. The lowest BCUT2D eigenvalue weighted by atomic mass is 10.2. The summed E-state index contributed by atoms with van der Waals surface area (Å²) in [5.41, 5.74) is 1.09. The molecule has 1 atom stereocenters. The highest BCUT2D eigenvalue weighted by molar-refractivity contribution is 8.00. The molecule has 134 valence electrons. The minimum absolute atomic E-state index is 0.601. The first-order chi connectivity index (χ1) is 12.3. The molecular formula is C18H26N6S. The van der Waals surface area contributed by atoms with E-state index in [1.165, 1.54) is 6.42 Å². The van der Waals surface area contributed by atoms with Crippen molar-refractivity contribution in [2.45, 2.75) is 32.1 Å². The molecule has 0 spiro atoms. The van der Waals surface area contributed by atoms with E-state index >= 15 is 0 Å². The zero-order valence-electron chi connectivity index (χ0n) is 14.9. The molecule has 6 nitrogen and oxygen atoms in total. The number of nitrogens with one attached hydrogen (secondary N) is 1. The van der Waals surface area contributed by atoms with E-state index in [9.17, 15) is 0 Å². The number of guanidine groups is 1. The summed E-state index contributed by atoms with van der Waals surface area (Å²) in [5, 5.41) is 4.14. The van der Waals surface area contributed by atoms with Gasteiger partial charge in [-0.05, 0) is 19.4 Å². The smallest absolute Gasteiger partial charge is 0.194 e. The average Bonchev–Trinajstić information content (AvgIpc) is 3.20. The van der Waals surface area contributed by atoms with Gasteiger partial charge in [-0.2, -0.15) is 11.8 Å². The van der Waals surface area contributed by atoms with E-state index < -0.39 is 0 Å². The first kappa shape index (κ1) is 17.8. The number of imidazole rings is 1. The summed E-state index contributed by atoms with van der Waals surface area (Å²) < 4.78 is 1.93. The van der Waals surface area contributed by atoms with Crippen molar-refractivity contribution >= 4 is 17.7 Å². The Bertz CT molecular complexity index is 685. The highest BCUT2D eigenvalue weighted by atomic mass is 32.2. The van der Waals surface area contributed by atoms with Gasteiger partial charge in [0.05, 0.1) is 6.54 Å². The number of nitrogens with zero attached hydrogens (tertiary/aromatic N) is 5. The molecule has 0 bridgehead atoms. The van der Waals surface area contributed by atoms with E-state index in [1.54, 1.807) is 18.7 Å². The van der Waals surface area contributed by atoms with Gasteiger partial charge in [0.25, 0.3) is 0 Å². The van der Waals surface area contributed by atoms with Crippen LogP contribution in [0.1, 0.15) is 25.8 Å². The summed E-state index contributed by atoms with van der Waals surface area (Å²) in [6.45, 7) is 7.97. The molecule has 1 unspecified atom stereocenters. The number of thioether (sulfide) groups is 1. The molecule has 2 aromatic rings. The van der Waals surface area contributed by atoms with Crippen LogP contribution < -0.4 is 5.32 Å². The summed E-state index contributed by atoms with van der Waals surface area (Å²) in [5.74, 6) is 3.05. The maximum absolute atomic E-state index is 4.90. The van der Waals surface area contributed by atoms with Gasteiger partial charge in [-0.3, -0.25) is 4.57 Å². The standard InChI is InChI=1S/C18H26N6S/c1-3-16-13-23(10-11-25-16)18(20-4-2)22-12-15-6-5-7-21-17(15)24-9-8-19-14-24/h5-9,14,16H,3-4,10-13H2,1-2H3,(H,20,22). The van der Waals surface area contributed by atoms with Gasteiger partial charge in [0.2, 0.25) is 0 Å². The molecule has 1 saturated heterocycles. The normalized spacial score (nSPS) is 18.4. The quantitative estimate of drug-likeness (QED) is 0.657. The Morgan fingerprint density at radius 2 is 2.32 bits per heavy atom.